The van der Waals surface area contributed by atoms with Crippen molar-refractivity contribution < 1.29 is 14.6 Å². The Morgan fingerprint density at radius 2 is 2.07 bits per heavy atom. The summed E-state index contributed by atoms with van der Waals surface area (Å²) in [5, 5.41) is 17.7. The number of aliphatic hydroxyl groups excluding tert-OH is 1. The molecule has 2 fully saturated rings. The molecule has 1 saturated heterocycles. The molecule has 1 aliphatic carbocycles. The van der Waals surface area contributed by atoms with Crippen molar-refractivity contribution in [2.24, 2.45) is 11.8 Å². The fourth-order valence-corrected chi connectivity index (χ4v) is 4.92. The van der Waals surface area contributed by atoms with Gasteiger partial charge < -0.3 is 15.2 Å². The topological polar surface area (TPSA) is 92.5 Å². The van der Waals surface area contributed by atoms with Crippen LogP contribution in [0.15, 0.2) is 30.9 Å². The van der Waals surface area contributed by atoms with Crippen LogP contribution in [-0.2, 0) is 17.9 Å². The Morgan fingerprint density at radius 1 is 1.27 bits per heavy atom. The molecule has 4 rings (SSSR count). The number of nitrogens with zero attached hydrogens (tertiary/aromatic N) is 4. The number of amides is 1. The van der Waals surface area contributed by atoms with Crippen molar-refractivity contribution >= 4 is 5.91 Å². The van der Waals surface area contributed by atoms with E-state index < -0.39 is 6.10 Å². The van der Waals surface area contributed by atoms with E-state index in [2.05, 4.69) is 32.4 Å². The number of hydrogen-bond acceptors (Lipinski definition) is 6. The highest BCUT2D eigenvalue weighted by atomic mass is 16.5. The third-order valence-electron chi connectivity index (χ3n) is 6.43. The molecule has 1 aromatic heterocycles. The first kappa shape index (κ1) is 20.8. The quantitative estimate of drug-likeness (QED) is 0.714. The fraction of sp³-hybridized carbons (Fsp3) is 0.591. The number of aromatic nitrogens is 3. The van der Waals surface area contributed by atoms with E-state index in [-0.39, 0.29) is 11.9 Å². The highest BCUT2D eigenvalue weighted by Crippen LogP contribution is 2.37. The Labute approximate surface area is 177 Å². The highest BCUT2D eigenvalue weighted by molar-refractivity contribution is 5.75. The van der Waals surface area contributed by atoms with Gasteiger partial charge in [-0.15, -0.1) is 0 Å². The average molecular weight is 414 g/mol. The summed E-state index contributed by atoms with van der Waals surface area (Å²) in [5.74, 6) is 1.87. The van der Waals surface area contributed by atoms with Gasteiger partial charge in [0.1, 0.15) is 18.4 Å². The highest BCUT2D eigenvalue weighted by Gasteiger charge is 2.41. The van der Waals surface area contributed by atoms with Crippen LogP contribution in [0.4, 0.5) is 0 Å². The minimum absolute atomic E-state index is 0.0190. The summed E-state index contributed by atoms with van der Waals surface area (Å²) in [6.45, 7) is 5.31. The second-order valence-electron chi connectivity index (χ2n) is 8.52. The first-order chi connectivity index (χ1) is 14.6. The lowest BCUT2D eigenvalue weighted by Crippen LogP contribution is -2.49. The number of methoxy groups -OCH3 is 1. The monoisotopic (exact) mass is 413 g/mol. The van der Waals surface area contributed by atoms with Crippen LogP contribution in [0.2, 0.25) is 0 Å². The van der Waals surface area contributed by atoms with Crippen molar-refractivity contribution in [1.82, 2.24) is 25.0 Å². The summed E-state index contributed by atoms with van der Waals surface area (Å²) >= 11 is 0. The summed E-state index contributed by atoms with van der Waals surface area (Å²) in [7, 11) is 1.68. The van der Waals surface area contributed by atoms with Crippen LogP contribution in [0.3, 0.4) is 0 Å². The second-order valence-corrected chi connectivity index (χ2v) is 8.52. The summed E-state index contributed by atoms with van der Waals surface area (Å²) in [4.78, 5) is 18.2. The molecule has 2 N–H and O–H groups in total. The zero-order valence-electron chi connectivity index (χ0n) is 17.7. The van der Waals surface area contributed by atoms with E-state index >= 15 is 0 Å². The smallest absolute Gasteiger partial charge is 0.220 e. The number of aliphatic hydroxyl groups is 1. The molecule has 0 spiro atoms. The van der Waals surface area contributed by atoms with Gasteiger partial charge in [0, 0.05) is 31.6 Å². The van der Waals surface area contributed by atoms with Crippen LogP contribution in [0, 0.1) is 11.8 Å². The van der Waals surface area contributed by atoms with Crippen LogP contribution in [0.25, 0.3) is 0 Å². The molecular formula is C22H31N5O3. The van der Waals surface area contributed by atoms with Gasteiger partial charge in [-0.2, -0.15) is 5.10 Å². The molecule has 1 aromatic carbocycles. The molecule has 162 valence electrons. The zero-order chi connectivity index (χ0) is 21.1. The number of rotatable bonds is 7. The van der Waals surface area contributed by atoms with Crippen LogP contribution < -0.4 is 10.1 Å². The molecule has 0 unspecified atom stereocenters. The Hall–Kier alpha value is -2.45. The number of benzene rings is 1. The maximum atomic E-state index is 11.8. The Kier molecular flexibility index (Phi) is 6.34. The SMILES string of the molecule is CCC(=O)N[C@H]1C[C@H]2CN(Cc3ccc(OC)c(Cn4cncn4)c3)C[C@H]2C[C@@H]1O. The van der Waals surface area contributed by atoms with Crippen molar-refractivity contribution in [3.63, 3.8) is 0 Å². The molecule has 4 atom stereocenters. The molecule has 2 heterocycles. The van der Waals surface area contributed by atoms with E-state index in [1.807, 2.05) is 13.0 Å². The normalized spacial score (nSPS) is 26.4. The van der Waals surface area contributed by atoms with E-state index in [0.717, 1.165) is 43.8 Å². The number of carbonyl (C=O) groups is 1. The fourth-order valence-electron chi connectivity index (χ4n) is 4.92. The molecule has 1 amide bonds. The molecule has 2 aromatic rings. The van der Waals surface area contributed by atoms with Gasteiger partial charge in [-0.1, -0.05) is 13.0 Å². The van der Waals surface area contributed by atoms with Crippen LogP contribution in [0.5, 0.6) is 5.75 Å². The first-order valence-corrected chi connectivity index (χ1v) is 10.7. The third-order valence-corrected chi connectivity index (χ3v) is 6.43. The third kappa shape index (κ3) is 4.65. The minimum atomic E-state index is -0.447. The van der Waals surface area contributed by atoms with E-state index in [0.29, 0.717) is 24.8 Å². The van der Waals surface area contributed by atoms with Gasteiger partial charge in [-0.3, -0.25) is 9.69 Å². The number of likely N-dealkylation sites (tertiary alicyclic amines) is 1. The van der Waals surface area contributed by atoms with Crippen LogP contribution in [-0.4, -0.2) is 63.0 Å². The van der Waals surface area contributed by atoms with Crippen LogP contribution >= 0.6 is 0 Å². The maximum Gasteiger partial charge on any atom is 0.220 e. The molecule has 1 saturated carbocycles. The molecule has 2 aliphatic rings. The van der Waals surface area contributed by atoms with Gasteiger partial charge in [0.05, 0.1) is 25.8 Å². The van der Waals surface area contributed by atoms with Gasteiger partial charge in [0.15, 0.2) is 0 Å². The number of hydrogen-bond donors (Lipinski definition) is 2. The van der Waals surface area contributed by atoms with Gasteiger partial charge in [-0.25, -0.2) is 9.67 Å². The number of ether oxygens (including phenoxy) is 1. The summed E-state index contributed by atoms with van der Waals surface area (Å²) in [6, 6.07) is 6.20. The molecule has 8 heteroatoms. The lowest BCUT2D eigenvalue weighted by Gasteiger charge is -2.35. The van der Waals surface area contributed by atoms with Gasteiger partial charge in [-0.05, 0) is 42.4 Å². The minimum Gasteiger partial charge on any atom is -0.496 e. The van der Waals surface area contributed by atoms with Crippen molar-refractivity contribution in [3.8, 4) is 5.75 Å². The first-order valence-electron chi connectivity index (χ1n) is 10.7. The second kappa shape index (κ2) is 9.14. The molecule has 0 radical (unpaired) electrons. The zero-order valence-corrected chi connectivity index (χ0v) is 17.7. The molecule has 0 bridgehead atoms. The van der Waals surface area contributed by atoms with E-state index in [1.54, 1.807) is 18.1 Å². The Morgan fingerprint density at radius 3 is 2.77 bits per heavy atom. The van der Waals surface area contributed by atoms with Gasteiger partial charge >= 0.3 is 0 Å². The molecule has 30 heavy (non-hydrogen) atoms. The standard InChI is InChI=1S/C22H31N5O3/c1-3-22(29)25-19-7-16-10-26(11-17(16)8-20(19)28)9-15-4-5-21(30-2)18(6-15)12-27-14-23-13-24-27/h4-6,13-14,16-17,19-20,28H,3,7-12H2,1-2H3,(H,25,29)/t16-,17+,19-,20-/m0/s1. The lowest BCUT2D eigenvalue weighted by atomic mass is 9.77. The van der Waals surface area contributed by atoms with Crippen molar-refractivity contribution in [3.05, 3.63) is 42.0 Å². The van der Waals surface area contributed by atoms with Gasteiger partial charge in [0.25, 0.3) is 0 Å². The molecule has 8 nitrogen and oxygen atoms in total. The molecular weight excluding hydrogens is 382 g/mol. The Balaban J connectivity index is 1.40. The average Bonchev–Trinajstić information content (AvgIpc) is 3.37. The van der Waals surface area contributed by atoms with Crippen LogP contribution in [0.1, 0.15) is 37.3 Å². The lowest BCUT2D eigenvalue weighted by molar-refractivity contribution is -0.123. The van der Waals surface area contributed by atoms with Crippen molar-refractivity contribution in [2.75, 3.05) is 20.2 Å². The predicted molar refractivity (Wildman–Crippen MR) is 112 cm³/mol. The summed E-state index contributed by atoms with van der Waals surface area (Å²) < 4.78 is 7.31. The molecule has 1 aliphatic heterocycles. The van der Waals surface area contributed by atoms with E-state index in [9.17, 15) is 9.90 Å². The number of fused-ring (bicyclic) bond motifs is 1. The number of carbonyl (C=O) groups excluding carboxylic acids is 1. The van der Waals surface area contributed by atoms with E-state index in [1.165, 1.54) is 11.9 Å². The largest absolute Gasteiger partial charge is 0.496 e. The van der Waals surface area contributed by atoms with Gasteiger partial charge in [0.2, 0.25) is 5.91 Å². The number of nitrogens with one attached hydrogen (secondary N) is 1. The van der Waals surface area contributed by atoms with Crippen molar-refractivity contribution in [1.29, 1.82) is 0 Å². The maximum absolute atomic E-state index is 11.8. The predicted octanol–water partition coefficient (Wildman–Crippen LogP) is 1.43. The Bertz CT molecular complexity index is 856. The summed E-state index contributed by atoms with van der Waals surface area (Å²) in [5.41, 5.74) is 2.32. The summed E-state index contributed by atoms with van der Waals surface area (Å²) in [6.07, 6.45) is 4.86. The van der Waals surface area contributed by atoms with Crippen molar-refractivity contribution in [2.45, 2.75) is 51.4 Å². The van der Waals surface area contributed by atoms with E-state index in [4.69, 9.17) is 4.74 Å².